The number of furan rings is 1. The van der Waals surface area contributed by atoms with Gasteiger partial charge in [0.05, 0.1) is 18.1 Å². The fourth-order valence-corrected chi connectivity index (χ4v) is 2.07. The van der Waals surface area contributed by atoms with Gasteiger partial charge >= 0.3 is 0 Å². The Hall–Kier alpha value is -2.76. The van der Waals surface area contributed by atoms with Crippen molar-refractivity contribution in [2.75, 3.05) is 5.32 Å². The molecule has 0 bridgehead atoms. The molecule has 20 heavy (non-hydrogen) atoms. The molecule has 6 heteroatoms. The second-order valence-electron chi connectivity index (χ2n) is 4.50. The third-order valence-electron chi connectivity index (χ3n) is 3.00. The molecule has 0 fully saturated rings. The van der Waals surface area contributed by atoms with Crippen LogP contribution < -0.4 is 11.1 Å². The molecule has 0 radical (unpaired) electrons. The number of hydrogen-bond acceptors (Lipinski definition) is 4. The van der Waals surface area contributed by atoms with Crippen molar-refractivity contribution < 1.29 is 9.21 Å². The number of para-hydroxylation sites is 1. The van der Waals surface area contributed by atoms with Gasteiger partial charge < -0.3 is 15.5 Å². The van der Waals surface area contributed by atoms with Crippen LogP contribution in [-0.2, 0) is 17.9 Å². The summed E-state index contributed by atoms with van der Waals surface area (Å²) < 4.78 is 6.97. The van der Waals surface area contributed by atoms with Crippen LogP contribution in [-0.4, -0.2) is 15.7 Å². The SMILES string of the molecule is NC(=O)Cn1cc(NCc2coc3ccccc23)cn1. The Morgan fingerprint density at radius 1 is 1.40 bits per heavy atom. The van der Waals surface area contributed by atoms with E-state index in [2.05, 4.69) is 10.4 Å². The summed E-state index contributed by atoms with van der Waals surface area (Å²) >= 11 is 0. The monoisotopic (exact) mass is 270 g/mol. The molecule has 3 aromatic rings. The third kappa shape index (κ3) is 2.49. The molecule has 0 atom stereocenters. The molecule has 0 unspecified atom stereocenters. The highest BCUT2D eigenvalue weighted by molar-refractivity contribution is 5.81. The van der Waals surface area contributed by atoms with E-state index in [1.807, 2.05) is 24.3 Å². The number of hydrogen-bond donors (Lipinski definition) is 2. The number of nitrogens with zero attached hydrogens (tertiary/aromatic N) is 2. The minimum atomic E-state index is -0.416. The number of nitrogens with two attached hydrogens (primary N) is 1. The molecule has 0 saturated heterocycles. The molecule has 0 aliphatic rings. The van der Waals surface area contributed by atoms with E-state index in [4.69, 9.17) is 10.2 Å². The van der Waals surface area contributed by atoms with Gasteiger partial charge in [-0.15, -0.1) is 0 Å². The van der Waals surface area contributed by atoms with Gasteiger partial charge in [0.2, 0.25) is 5.91 Å². The van der Waals surface area contributed by atoms with Crippen LogP contribution in [0.2, 0.25) is 0 Å². The number of rotatable bonds is 5. The average molecular weight is 270 g/mol. The molecule has 3 rings (SSSR count). The topological polar surface area (TPSA) is 86.1 Å². The normalized spacial score (nSPS) is 10.8. The second kappa shape index (κ2) is 5.08. The summed E-state index contributed by atoms with van der Waals surface area (Å²) in [7, 11) is 0. The number of amides is 1. The van der Waals surface area contributed by atoms with E-state index in [0.717, 1.165) is 22.2 Å². The summed E-state index contributed by atoms with van der Waals surface area (Å²) in [5, 5.41) is 8.37. The highest BCUT2D eigenvalue weighted by atomic mass is 16.3. The lowest BCUT2D eigenvalue weighted by molar-refractivity contribution is -0.118. The minimum absolute atomic E-state index is 0.0797. The Kier molecular flexibility index (Phi) is 3.12. The molecule has 0 aliphatic heterocycles. The Balaban J connectivity index is 1.70. The maximum Gasteiger partial charge on any atom is 0.239 e. The van der Waals surface area contributed by atoms with Crippen LogP contribution in [0.4, 0.5) is 5.69 Å². The predicted octanol–water partition coefficient (Wildman–Crippen LogP) is 1.73. The van der Waals surface area contributed by atoms with Crippen molar-refractivity contribution in [3.63, 3.8) is 0 Å². The van der Waals surface area contributed by atoms with E-state index < -0.39 is 5.91 Å². The maximum absolute atomic E-state index is 10.8. The number of aromatic nitrogens is 2. The summed E-state index contributed by atoms with van der Waals surface area (Å²) in [4.78, 5) is 10.8. The molecule has 1 aromatic carbocycles. The van der Waals surface area contributed by atoms with E-state index in [1.165, 1.54) is 4.68 Å². The molecular weight excluding hydrogens is 256 g/mol. The molecule has 6 nitrogen and oxygen atoms in total. The Morgan fingerprint density at radius 2 is 2.25 bits per heavy atom. The van der Waals surface area contributed by atoms with Gasteiger partial charge in [0.15, 0.2) is 0 Å². The van der Waals surface area contributed by atoms with E-state index in [-0.39, 0.29) is 6.54 Å². The first-order valence-corrected chi connectivity index (χ1v) is 6.22. The van der Waals surface area contributed by atoms with Crippen LogP contribution in [0.3, 0.4) is 0 Å². The van der Waals surface area contributed by atoms with Crippen LogP contribution in [0.15, 0.2) is 47.3 Å². The molecule has 2 heterocycles. The van der Waals surface area contributed by atoms with Crippen LogP contribution in [0.1, 0.15) is 5.56 Å². The third-order valence-corrected chi connectivity index (χ3v) is 3.00. The average Bonchev–Trinajstić information content (AvgIpc) is 3.02. The zero-order chi connectivity index (χ0) is 13.9. The van der Waals surface area contributed by atoms with Crippen molar-refractivity contribution >= 4 is 22.6 Å². The lowest BCUT2D eigenvalue weighted by atomic mass is 10.2. The zero-order valence-corrected chi connectivity index (χ0v) is 10.7. The van der Waals surface area contributed by atoms with Gasteiger partial charge in [-0.2, -0.15) is 5.10 Å². The van der Waals surface area contributed by atoms with Gasteiger partial charge in [-0.05, 0) is 6.07 Å². The van der Waals surface area contributed by atoms with Gasteiger partial charge in [-0.3, -0.25) is 9.48 Å². The number of anilines is 1. The molecular formula is C14H14N4O2. The van der Waals surface area contributed by atoms with Crippen molar-refractivity contribution in [1.82, 2.24) is 9.78 Å². The summed E-state index contributed by atoms with van der Waals surface area (Å²) in [5.74, 6) is -0.416. The molecule has 0 saturated carbocycles. The largest absolute Gasteiger partial charge is 0.464 e. The van der Waals surface area contributed by atoms with Gasteiger partial charge in [-0.25, -0.2) is 0 Å². The van der Waals surface area contributed by atoms with E-state index in [0.29, 0.717) is 6.54 Å². The molecule has 1 amide bonds. The van der Waals surface area contributed by atoms with E-state index >= 15 is 0 Å². The maximum atomic E-state index is 10.8. The first-order chi connectivity index (χ1) is 9.72. The second-order valence-corrected chi connectivity index (χ2v) is 4.50. The smallest absolute Gasteiger partial charge is 0.239 e. The van der Waals surface area contributed by atoms with Gasteiger partial charge in [-0.1, -0.05) is 18.2 Å². The first kappa shape index (κ1) is 12.3. The fraction of sp³-hybridized carbons (Fsp3) is 0.143. The van der Waals surface area contributed by atoms with E-state index in [9.17, 15) is 4.79 Å². The first-order valence-electron chi connectivity index (χ1n) is 6.22. The number of carbonyl (C=O) groups excluding carboxylic acids is 1. The lowest BCUT2D eigenvalue weighted by Gasteiger charge is -2.01. The Morgan fingerprint density at radius 3 is 3.10 bits per heavy atom. The lowest BCUT2D eigenvalue weighted by Crippen LogP contribution is -2.18. The van der Waals surface area contributed by atoms with Crippen molar-refractivity contribution in [3.05, 3.63) is 48.5 Å². The molecule has 0 spiro atoms. The molecule has 102 valence electrons. The zero-order valence-electron chi connectivity index (χ0n) is 10.7. The van der Waals surface area contributed by atoms with Gasteiger partial charge in [0.1, 0.15) is 12.1 Å². The summed E-state index contributed by atoms with van der Waals surface area (Å²) in [6.07, 6.45) is 5.14. The van der Waals surface area contributed by atoms with Crippen molar-refractivity contribution in [1.29, 1.82) is 0 Å². The summed E-state index contributed by atoms with van der Waals surface area (Å²) in [6, 6.07) is 7.87. The van der Waals surface area contributed by atoms with Gasteiger partial charge in [0.25, 0.3) is 0 Å². The Bertz CT molecular complexity index is 744. The number of carbonyl (C=O) groups is 1. The van der Waals surface area contributed by atoms with Crippen molar-refractivity contribution in [2.45, 2.75) is 13.1 Å². The van der Waals surface area contributed by atoms with Crippen LogP contribution >= 0.6 is 0 Å². The Labute approximate surface area is 115 Å². The molecule has 2 aromatic heterocycles. The van der Waals surface area contributed by atoms with Crippen molar-refractivity contribution in [3.8, 4) is 0 Å². The van der Waals surface area contributed by atoms with Crippen LogP contribution in [0, 0.1) is 0 Å². The highest BCUT2D eigenvalue weighted by Crippen LogP contribution is 2.21. The summed E-state index contributed by atoms with van der Waals surface area (Å²) in [6.45, 7) is 0.704. The minimum Gasteiger partial charge on any atom is -0.464 e. The van der Waals surface area contributed by atoms with E-state index in [1.54, 1.807) is 18.7 Å². The van der Waals surface area contributed by atoms with Crippen molar-refractivity contribution in [2.24, 2.45) is 5.73 Å². The predicted molar refractivity (Wildman–Crippen MR) is 75.0 cm³/mol. The number of benzene rings is 1. The summed E-state index contributed by atoms with van der Waals surface area (Å²) in [5.41, 5.74) is 7.89. The fourth-order valence-electron chi connectivity index (χ4n) is 2.07. The highest BCUT2D eigenvalue weighted by Gasteiger charge is 2.06. The van der Waals surface area contributed by atoms with Crippen LogP contribution in [0.25, 0.3) is 11.0 Å². The quantitative estimate of drug-likeness (QED) is 0.739. The number of fused-ring (bicyclic) bond motifs is 1. The van der Waals surface area contributed by atoms with Crippen LogP contribution in [0.5, 0.6) is 0 Å². The standard InChI is InChI=1S/C14H14N4O2/c15-14(19)8-18-7-11(6-17-18)16-5-10-9-20-13-4-2-1-3-12(10)13/h1-4,6-7,9,16H,5,8H2,(H2,15,19). The molecule has 3 N–H and O–H groups in total. The van der Waals surface area contributed by atoms with Gasteiger partial charge in [0, 0.05) is 23.7 Å². The number of primary amides is 1. The molecule has 0 aliphatic carbocycles. The number of nitrogens with one attached hydrogen (secondary N) is 1.